The van der Waals surface area contributed by atoms with E-state index in [0.717, 1.165) is 6.42 Å². The fraction of sp³-hybridized carbons (Fsp3) is 1.00. The standard InChI is InChI=1S/C12H26O3/c1-5-6-7-8-9-10-11-15-12(2,13-3)14-4/h5-11H2,1-4H3. The normalized spacial score (nSPS) is 12.0. The number of rotatable bonds is 10. The summed E-state index contributed by atoms with van der Waals surface area (Å²) in [6, 6.07) is 0. The van der Waals surface area contributed by atoms with Gasteiger partial charge in [-0.3, -0.25) is 0 Å². The third kappa shape index (κ3) is 7.77. The van der Waals surface area contributed by atoms with Gasteiger partial charge >= 0.3 is 0 Å². The first-order valence-corrected chi connectivity index (χ1v) is 5.92. The quantitative estimate of drug-likeness (QED) is 0.416. The fourth-order valence-electron chi connectivity index (χ4n) is 1.34. The lowest BCUT2D eigenvalue weighted by Crippen LogP contribution is -2.33. The molecule has 0 saturated carbocycles. The first-order valence-electron chi connectivity index (χ1n) is 5.92. The van der Waals surface area contributed by atoms with Crippen LogP contribution in [-0.2, 0) is 14.2 Å². The summed E-state index contributed by atoms with van der Waals surface area (Å²) in [6.45, 7) is 4.71. The molecule has 3 heteroatoms. The Balaban J connectivity index is 3.29. The molecule has 0 unspecified atom stereocenters. The molecule has 3 nitrogen and oxygen atoms in total. The van der Waals surface area contributed by atoms with Gasteiger partial charge in [-0.25, -0.2) is 0 Å². The first kappa shape index (κ1) is 14.9. The van der Waals surface area contributed by atoms with Crippen molar-refractivity contribution in [3.05, 3.63) is 0 Å². The smallest absolute Gasteiger partial charge is 0.279 e. The molecule has 0 rings (SSSR count). The summed E-state index contributed by atoms with van der Waals surface area (Å²) in [5, 5.41) is 0. The van der Waals surface area contributed by atoms with Crippen molar-refractivity contribution in [1.82, 2.24) is 0 Å². The molecule has 0 aliphatic carbocycles. The summed E-state index contributed by atoms with van der Waals surface area (Å²) >= 11 is 0. The van der Waals surface area contributed by atoms with Crippen LogP contribution in [0.5, 0.6) is 0 Å². The highest BCUT2D eigenvalue weighted by atomic mass is 16.9. The van der Waals surface area contributed by atoms with Crippen LogP contribution in [0.1, 0.15) is 52.4 Å². The third-order valence-electron chi connectivity index (χ3n) is 2.60. The number of methoxy groups -OCH3 is 2. The van der Waals surface area contributed by atoms with Gasteiger partial charge in [0.15, 0.2) is 0 Å². The van der Waals surface area contributed by atoms with E-state index in [1.807, 2.05) is 0 Å². The van der Waals surface area contributed by atoms with E-state index in [0.29, 0.717) is 6.61 Å². The Bertz CT molecular complexity index is 133. The maximum atomic E-state index is 5.49. The van der Waals surface area contributed by atoms with E-state index < -0.39 is 5.97 Å². The van der Waals surface area contributed by atoms with Gasteiger partial charge in [0, 0.05) is 21.1 Å². The maximum Gasteiger partial charge on any atom is 0.279 e. The van der Waals surface area contributed by atoms with Crippen molar-refractivity contribution in [1.29, 1.82) is 0 Å². The topological polar surface area (TPSA) is 27.7 Å². The molecule has 0 radical (unpaired) electrons. The van der Waals surface area contributed by atoms with Crippen LogP contribution in [0.4, 0.5) is 0 Å². The van der Waals surface area contributed by atoms with Gasteiger partial charge in [0.2, 0.25) is 0 Å². The second kappa shape index (κ2) is 9.13. The molecule has 0 aromatic rings. The van der Waals surface area contributed by atoms with E-state index in [9.17, 15) is 0 Å². The number of hydrogen-bond acceptors (Lipinski definition) is 3. The third-order valence-corrected chi connectivity index (χ3v) is 2.60. The van der Waals surface area contributed by atoms with Crippen molar-refractivity contribution in [2.24, 2.45) is 0 Å². The van der Waals surface area contributed by atoms with Crippen molar-refractivity contribution in [3.63, 3.8) is 0 Å². The van der Waals surface area contributed by atoms with Gasteiger partial charge in [-0.05, 0) is 6.42 Å². The summed E-state index contributed by atoms with van der Waals surface area (Å²) in [5.74, 6) is -0.872. The number of unbranched alkanes of at least 4 members (excludes halogenated alkanes) is 5. The van der Waals surface area contributed by atoms with Crippen molar-refractivity contribution in [2.45, 2.75) is 58.3 Å². The van der Waals surface area contributed by atoms with Crippen LogP contribution in [0, 0.1) is 0 Å². The predicted octanol–water partition coefficient (Wildman–Crippen LogP) is 3.33. The maximum absolute atomic E-state index is 5.49. The molecule has 0 bridgehead atoms. The monoisotopic (exact) mass is 218 g/mol. The first-order chi connectivity index (χ1) is 7.18. The lowest BCUT2D eigenvalue weighted by atomic mass is 10.1. The highest BCUT2D eigenvalue weighted by Crippen LogP contribution is 2.13. The SMILES string of the molecule is CCCCCCCCOC(C)(OC)OC. The van der Waals surface area contributed by atoms with Gasteiger partial charge in [0.1, 0.15) is 0 Å². The van der Waals surface area contributed by atoms with Gasteiger partial charge in [0.05, 0.1) is 6.61 Å². The van der Waals surface area contributed by atoms with Crippen molar-refractivity contribution in [3.8, 4) is 0 Å². The minimum atomic E-state index is -0.872. The molecule has 0 fully saturated rings. The van der Waals surface area contributed by atoms with E-state index in [2.05, 4.69) is 6.92 Å². The Morgan fingerprint density at radius 2 is 1.40 bits per heavy atom. The largest absolute Gasteiger partial charge is 0.331 e. The molecule has 0 aliphatic heterocycles. The Labute approximate surface area is 94.1 Å². The molecule has 0 aromatic heterocycles. The molecule has 0 saturated heterocycles. The predicted molar refractivity (Wildman–Crippen MR) is 61.8 cm³/mol. The summed E-state index contributed by atoms with van der Waals surface area (Å²) < 4.78 is 15.7. The van der Waals surface area contributed by atoms with Gasteiger partial charge in [-0.1, -0.05) is 39.0 Å². The Hall–Kier alpha value is -0.120. The highest BCUT2D eigenvalue weighted by Gasteiger charge is 2.22. The molecule has 0 atom stereocenters. The molecule has 0 N–H and O–H groups in total. The molecular weight excluding hydrogens is 192 g/mol. The number of ether oxygens (including phenoxy) is 3. The van der Waals surface area contributed by atoms with Crippen LogP contribution in [0.2, 0.25) is 0 Å². The van der Waals surface area contributed by atoms with E-state index in [1.54, 1.807) is 21.1 Å². The zero-order valence-electron chi connectivity index (χ0n) is 10.7. The Kier molecular flexibility index (Phi) is 9.06. The second-order valence-corrected chi connectivity index (χ2v) is 3.89. The van der Waals surface area contributed by atoms with Gasteiger partial charge < -0.3 is 14.2 Å². The lowest BCUT2D eigenvalue weighted by molar-refractivity contribution is -0.350. The van der Waals surface area contributed by atoms with Crippen molar-refractivity contribution < 1.29 is 14.2 Å². The van der Waals surface area contributed by atoms with Crippen LogP contribution < -0.4 is 0 Å². The Morgan fingerprint density at radius 1 is 0.867 bits per heavy atom. The van der Waals surface area contributed by atoms with Crippen LogP contribution in [0.15, 0.2) is 0 Å². The zero-order valence-corrected chi connectivity index (χ0v) is 10.7. The average molecular weight is 218 g/mol. The molecule has 0 spiro atoms. The molecule has 0 aliphatic rings. The van der Waals surface area contributed by atoms with Crippen LogP contribution in [-0.4, -0.2) is 26.8 Å². The molecule has 0 aromatic carbocycles. The van der Waals surface area contributed by atoms with Crippen molar-refractivity contribution in [2.75, 3.05) is 20.8 Å². The summed E-state index contributed by atoms with van der Waals surface area (Å²) in [5.41, 5.74) is 0. The van der Waals surface area contributed by atoms with E-state index in [-0.39, 0.29) is 0 Å². The molecule has 92 valence electrons. The summed E-state index contributed by atoms with van der Waals surface area (Å²) in [6.07, 6.45) is 7.57. The van der Waals surface area contributed by atoms with Crippen LogP contribution in [0.3, 0.4) is 0 Å². The lowest BCUT2D eigenvalue weighted by Gasteiger charge is -2.25. The van der Waals surface area contributed by atoms with E-state index in [1.165, 1.54) is 32.1 Å². The summed E-state index contributed by atoms with van der Waals surface area (Å²) in [4.78, 5) is 0. The average Bonchev–Trinajstić information content (AvgIpc) is 2.27. The highest BCUT2D eigenvalue weighted by molar-refractivity contribution is 4.47. The second-order valence-electron chi connectivity index (χ2n) is 3.89. The van der Waals surface area contributed by atoms with E-state index in [4.69, 9.17) is 14.2 Å². The molecule has 15 heavy (non-hydrogen) atoms. The fourth-order valence-corrected chi connectivity index (χ4v) is 1.34. The van der Waals surface area contributed by atoms with Gasteiger partial charge in [-0.15, -0.1) is 0 Å². The molecule has 0 amide bonds. The van der Waals surface area contributed by atoms with Gasteiger partial charge in [0.25, 0.3) is 5.97 Å². The van der Waals surface area contributed by atoms with E-state index >= 15 is 0 Å². The number of hydrogen-bond donors (Lipinski definition) is 0. The molecule has 0 heterocycles. The Morgan fingerprint density at radius 3 is 1.93 bits per heavy atom. The minimum absolute atomic E-state index is 0.699. The van der Waals surface area contributed by atoms with Crippen LogP contribution >= 0.6 is 0 Å². The summed E-state index contributed by atoms with van der Waals surface area (Å²) in [7, 11) is 3.18. The van der Waals surface area contributed by atoms with Gasteiger partial charge in [-0.2, -0.15) is 0 Å². The molecular formula is C12H26O3. The van der Waals surface area contributed by atoms with Crippen molar-refractivity contribution >= 4 is 0 Å². The van der Waals surface area contributed by atoms with Crippen LogP contribution in [0.25, 0.3) is 0 Å². The minimum Gasteiger partial charge on any atom is -0.331 e. The zero-order chi connectivity index (χ0) is 11.6.